The van der Waals surface area contributed by atoms with Crippen LogP contribution >= 0.6 is 12.6 Å². The van der Waals surface area contributed by atoms with Gasteiger partial charge < -0.3 is 5.32 Å². The van der Waals surface area contributed by atoms with E-state index in [4.69, 9.17) is 0 Å². The van der Waals surface area contributed by atoms with Crippen LogP contribution in [0.2, 0.25) is 0 Å². The van der Waals surface area contributed by atoms with E-state index in [1.165, 1.54) is 0 Å². The fraction of sp³-hybridized carbons (Fsp3) is 0.750. The second kappa shape index (κ2) is 4.15. The van der Waals surface area contributed by atoms with Gasteiger partial charge in [-0.25, -0.2) is 0 Å². The molecule has 0 fully saturated rings. The highest BCUT2D eigenvalue weighted by molar-refractivity contribution is 7.80. The zero-order valence-corrected chi connectivity index (χ0v) is 5.03. The molecule has 0 heterocycles. The lowest BCUT2D eigenvalue weighted by atomic mass is 10.4. The Morgan fingerprint density at radius 3 is 2.57 bits per heavy atom. The molecule has 41 valence electrons. The van der Waals surface area contributed by atoms with Gasteiger partial charge in [-0.05, 0) is 7.05 Å². The van der Waals surface area contributed by atoms with Crippen molar-refractivity contribution in [1.82, 2.24) is 5.32 Å². The molecule has 3 heteroatoms. The second-order valence-corrected chi connectivity index (χ2v) is 1.51. The first-order valence-electron chi connectivity index (χ1n) is 2.01. The van der Waals surface area contributed by atoms with Gasteiger partial charge in [0.1, 0.15) is 0 Å². The van der Waals surface area contributed by atoms with Crippen LogP contribution in [0.3, 0.4) is 0 Å². The van der Waals surface area contributed by atoms with E-state index in [1.54, 1.807) is 13.3 Å². The molecule has 0 aromatic carbocycles. The number of nitrogens with one attached hydrogen (secondary N) is 1. The van der Waals surface area contributed by atoms with Crippen molar-refractivity contribution in [2.45, 2.75) is 6.04 Å². The molecule has 0 aliphatic heterocycles. The van der Waals surface area contributed by atoms with E-state index in [0.29, 0.717) is 5.75 Å². The van der Waals surface area contributed by atoms with Gasteiger partial charge in [-0.3, -0.25) is 4.79 Å². The fourth-order valence-electron chi connectivity index (χ4n) is 0.187. The zero-order chi connectivity index (χ0) is 5.70. The quantitative estimate of drug-likeness (QED) is 0.494. The Kier molecular flexibility index (Phi) is 4.14. The summed E-state index contributed by atoms with van der Waals surface area (Å²) in [6, 6.07) is -0.205. The summed E-state index contributed by atoms with van der Waals surface area (Å²) in [6.07, 6.45) is 1.76. The zero-order valence-electron chi connectivity index (χ0n) is 4.14. The van der Waals surface area contributed by atoms with Gasteiger partial charge in [0, 0.05) is 5.75 Å². The van der Waals surface area contributed by atoms with Crippen LogP contribution in [-0.4, -0.2) is 25.1 Å². The first-order valence-corrected chi connectivity index (χ1v) is 2.64. The van der Waals surface area contributed by atoms with E-state index >= 15 is 0 Å². The minimum Gasteiger partial charge on any atom is -0.309 e. The van der Waals surface area contributed by atoms with Gasteiger partial charge in [-0.1, -0.05) is 0 Å². The van der Waals surface area contributed by atoms with Crippen molar-refractivity contribution < 1.29 is 4.79 Å². The molecule has 2 nitrogen and oxygen atoms in total. The molecule has 0 spiro atoms. The molecule has 0 saturated heterocycles. The van der Waals surface area contributed by atoms with E-state index in [2.05, 4.69) is 17.9 Å². The van der Waals surface area contributed by atoms with Crippen LogP contribution in [0, 0.1) is 0 Å². The molecule has 7 heavy (non-hydrogen) atoms. The van der Waals surface area contributed by atoms with Crippen molar-refractivity contribution in [3.8, 4) is 0 Å². The second-order valence-electron chi connectivity index (χ2n) is 1.14. The molecule has 0 amide bonds. The lowest BCUT2D eigenvalue weighted by Crippen LogP contribution is -2.27. The summed E-state index contributed by atoms with van der Waals surface area (Å²) < 4.78 is 0. The van der Waals surface area contributed by atoms with Crippen molar-refractivity contribution in [2.75, 3.05) is 12.8 Å². The maximum Gasteiger partial charge on any atom is 0.217 e. The monoisotopic (exact) mass is 118 g/mol. The Balaban J connectivity index is 3.16. The highest BCUT2D eigenvalue weighted by Gasteiger charge is 1.97. The van der Waals surface area contributed by atoms with E-state index in [-0.39, 0.29) is 6.04 Å². The van der Waals surface area contributed by atoms with Gasteiger partial charge in [-0.2, -0.15) is 12.6 Å². The lowest BCUT2D eigenvalue weighted by Gasteiger charge is -1.99. The molecule has 1 radical (unpaired) electrons. The van der Waals surface area contributed by atoms with Crippen LogP contribution in [0.4, 0.5) is 0 Å². The Hall–Kier alpha value is -0.0200. The van der Waals surface area contributed by atoms with Crippen molar-refractivity contribution >= 4 is 18.9 Å². The first-order chi connectivity index (χ1) is 3.35. The van der Waals surface area contributed by atoms with Gasteiger partial charge >= 0.3 is 0 Å². The molecule has 0 unspecified atom stereocenters. The molecule has 1 atom stereocenters. The van der Waals surface area contributed by atoms with Crippen LogP contribution in [-0.2, 0) is 4.79 Å². The van der Waals surface area contributed by atoms with E-state index < -0.39 is 0 Å². The Morgan fingerprint density at radius 2 is 2.57 bits per heavy atom. The average Bonchev–Trinajstić information content (AvgIpc) is 1.72. The van der Waals surface area contributed by atoms with Gasteiger partial charge in [0.2, 0.25) is 6.29 Å². The van der Waals surface area contributed by atoms with Gasteiger partial charge in [0.05, 0.1) is 6.04 Å². The van der Waals surface area contributed by atoms with E-state index in [9.17, 15) is 4.79 Å². The number of thiol groups is 1. The van der Waals surface area contributed by atoms with Gasteiger partial charge in [0.25, 0.3) is 0 Å². The SMILES string of the molecule is CN[C@H]([C]=O)CS. The molecule has 0 aromatic heterocycles. The average molecular weight is 118 g/mol. The molecule has 0 bridgehead atoms. The molecule has 0 saturated carbocycles. The van der Waals surface area contributed by atoms with Gasteiger partial charge in [0.15, 0.2) is 0 Å². The summed E-state index contributed by atoms with van der Waals surface area (Å²) in [5, 5.41) is 2.70. The summed E-state index contributed by atoms with van der Waals surface area (Å²) >= 11 is 3.85. The smallest absolute Gasteiger partial charge is 0.217 e. The third-order valence-electron chi connectivity index (χ3n) is 0.673. The number of hydrogen-bond donors (Lipinski definition) is 2. The molecular formula is C4H8NOS. The van der Waals surface area contributed by atoms with Crippen LogP contribution in [0.25, 0.3) is 0 Å². The number of carbonyl (C=O) groups excluding carboxylic acids is 1. The molecule has 0 rings (SSSR count). The van der Waals surface area contributed by atoms with E-state index in [1.807, 2.05) is 0 Å². The largest absolute Gasteiger partial charge is 0.309 e. The number of likely N-dealkylation sites (N-methyl/N-ethyl adjacent to an activating group) is 1. The van der Waals surface area contributed by atoms with Crippen LogP contribution in [0.1, 0.15) is 0 Å². The first kappa shape index (κ1) is 6.98. The molecule has 0 aliphatic carbocycles. The van der Waals surface area contributed by atoms with Crippen LogP contribution in [0.5, 0.6) is 0 Å². The maximum atomic E-state index is 9.73. The molecule has 0 aliphatic rings. The third kappa shape index (κ3) is 2.65. The predicted molar refractivity (Wildman–Crippen MR) is 32.4 cm³/mol. The topological polar surface area (TPSA) is 29.1 Å². The summed E-state index contributed by atoms with van der Waals surface area (Å²) in [5.41, 5.74) is 0. The summed E-state index contributed by atoms with van der Waals surface area (Å²) in [7, 11) is 1.70. The van der Waals surface area contributed by atoms with Crippen LogP contribution in [0.15, 0.2) is 0 Å². The van der Waals surface area contributed by atoms with Gasteiger partial charge in [-0.15, -0.1) is 0 Å². The summed E-state index contributed by atoms with van der Waals surface area (Å²) in [6.45, 7) is 0. The Bertz CT molecular complexity index is 53.7. The number of rotatable bonds is 3. The lowest BCUT2D eigenvalue weighted by molar-refractivity contribution is 0.536. The third-order valence-corrected chi connectivity index (χ3v) is 1.04. The summed E-state index contributed by atoms with van der Waals surface area (Å²) in [4.78, 5) is 9.73. The molecule has 1 N–H and O–H groups in total. The fourth-order valence-corrected chi connectivity index (χ4v) is 0.445. The highest BCUT2D eigenvalue weighted by Crippen LogP contribution is 1.78. The van der Waals surface area contributed by atoms with Crippen molar-refractivity contribution in [3.05, 3.63) is 0 Å². The highest BCUT2D eigenvalue weighted by atomic mass is 32.1. The maximum absolute atomic E-state index is 9.73. The molecular weight excluding hydrogens is 110 g/mol. The minimum atomic E-state index is -0.205. The minimum absolute atomic E-state index is 0.205. The number of hydrogen-bond acceptors (Lipinski definition) is 3. The molecule has 0 aromatic rings. The summed E-state index contributed by atoms with van der Waals surface area (Å²) in [5.74, 6) is 0.514. The van der Waals surface area contributed by atoms with Crippen molar-refractivity contribution in [2.24, 2.45) is 0 Å². The van der Waals surface area contributed by atoms with Crippen molar-refractivity contribution in [1.29, 1.82) is 0 Å². The van der Waals surface area contributed by atoms with Crippen molar-refractivity contribution in [3.63, 3.8) is 0 Å². The standard InChI is InChI=1S/C4H8NOS/c1-5-4(2-6)3-7/h4-5,7H,3H2,1H3/t4-/m1/s1. The Labute approximate surface area is 48.7 Å². The van der Waals surface area contributed by atoms with Crippen LogP contribution < -0.4 is 5.32 Å². The Morgan fingerprint density at radius 1 is 2.00 bits per heavy atom. The van der Waals surface area contributed by atoms with E-state index in [0.717, 1.165) is 0 Å². The normalized spacial score (nSPS) is 13.4. The predicted octanol–water partition coefficient (Wildman–Crippen LogP) is -0.386.